The molecule has 0 saturated heterocycles. The molecule has 1 nitrogen and oxygen atoms in total. The predicted octanol–water partition coefficient (Wildman–Crippen LogP) is 14.9. The summed E-state index contributed by atoms with van der Waals surface area (Å²) in [6, 6.07) is 62.9. The van der Waals surface area contributed by atoms with Gasteiger partial charge in [-0.15, -0.1) is 0 Å². The van der Waals surface area contributed by atoms with Gasteiger partial charge in [-0.05, 0) is 111 Å². The fraction of sp³-hybridized carbons (Fsp3) is 0.0566. The third-order valence-electron chi connectivity index (χ3n) is 12.4. The molecule has 54 heavy (non-hydrogen) atoms. The van der Waals surface area contributed by atoms with E-state index in [2.05, 4.69) is 184 Å². The minimum atomic E-state index is -0.0525. The van der Waals surface area contributed by atoms with E-state index in [9.17, 15) is 0 Å². The monoisotopic (exact) mass is 686 g/mol. The van der Waals surface area contributed by atoms with Crippen LogP contribution < -0.4 is 4.74 Å². The first kappa shape index (κ1) is 29.8. The average Bonchev–Trinajstić information content (AvgIpc) is 3.45. The van der Waals surface area contributed by atoms with Crippen molar-refractivity contribution < 1.29 is 4.74 Å². The van der Waals surface area contributed by atoms with Crippen LogP contribution in [0.2, 0.25) is 0 Å². The van der Waals surface area contributed by atoms with Gasteiger partial charge in [0.2, 0.25) is 0 Å². The Kier molecular flexibility index (Phi) is 5.90. The largest absolute Gasteiger partial charge is 0.455 e. The van der Waals surface area contributed by atoms with Gasteiger partial charge in [0, 0.05) is 21.9 Å². The van der Waals surface area contributed by atoms with Crippen LogP contribution in [0.4, 0.5) is 0 Å². The molecule has 0 saturated carbocycles. The van der Waals surface area contributed by atoms with Crippen LogP contribution in [0.15, 0.2) is 170 Å². The molecule has 0 atom stereocenters. The number of hydrogen-bond donors (Lipinski definition) is 0. The molecule has 10 aromatic carbocycles. The lowest BCUT2D eigenvalue weighted by molar-refractivity contribution is 0.489. The Morgan fingerprint density at radius 1 is 0.352 bits per heavy atom. The van der Waals surface area contributed by atoms with Crippen LogP contribution in [-0.4, -0.2) is 0 Å². The van der Waals surface area contributed by atoms with Gasteiger partial charge in [0.25, 0.3) is 0 Å². The molecule has 0 amide bonds. The Hall–Kier alpha value is -6.70. The summed E-state index contributed by atoms with van der Waals surface area (Å²) in [6.07, 6.45) is 0. The summed E-state index contributed by atoms with van der Waals surface area (Å²) in [5.74, 6) is 1.83. The van der Waals surface area contributed by atoms with Crippen molar-refractivity contribution in [3.63, 3.8) is 0 Å². The molecule has 1 heteroatoms. The van der Waals surface area contributed by atoms with E-state index in [1.807, 2.05) is 0 Å². The number of rotatable bonds is 2. The molecule has 0 N–H and O–H groups in total. The highest BCUT2D eigenvalue weighted by atomic mass is 16.5. The topological polar surface area (TPSA) is 9.23 Å². The van der Waals surface area contributed by atoms with Gasteiger partial charge in [-0.3, -0.25) is 0 Å². The van der Waals surface area contributed by atoms with Gasteiger partial charge in [-0.2, -0.15) is 0 Å². The van der Waals surface area contributed by atoms with E-state index in [1.54, 1.807) is 0 Å². The highest BCUT2D eigenvalue weighted by molar-refractivity contribution is 6.23. The summed E-state index contributed by atoms with van der Waals surface area (Å²) in [6.45, 7) is 4.72. The molecule has 2 aliphatic rings. The first-order chi connectivity index (χ1) is 26.5. The zero-order valence-corrected chi connectivity index (χ0v) is 30.1. The fourth-order valence-electron chi connectivity index (χ4n) is 9.90. The second kappa shape index (κ2) is 10.7. The van der Waals surface area contributed by atoms with Crippen molar-refractivity contribution in [2.24, 2.45) is 0 Å². The fourth-order valence-corrected chi connectivity index (χ4v) is 9.90. The molecule has 12 rings (SSSR count). The molecule has 0 aromatic heterocycles. The maximum Gasteiger partial charge on any atom is 0.143 e. The van der Waals surface area contributed by atoms with Crippen LogP contribution in [0.3, 0.4) is 0 Å². The van der Waals surface area contributed by atoms with Gasteiger partial charge in [0.15, 0.2) is 0 Å². The van der Waals surface area contributed by atoms with Gasteiger partial charge < -0.3 is 4.74 Å². The van der Waals surface area contributed by atoms with Crippen molar-refractivity contribution in [1.82, 2.24) is 0 Å². The molecule has 0 spiro atoms. The molecule has 252 valence electrons. The van der Waals surface area contributed by atoms with Crippen LogP contribution in [0.5, 0.6) is 11.5 Å². The molecular weight excluding hydrogens is 653 g/mol. The summed E-state index contributed by atoms with van der Waals surface area (Å²) in [7, 11) is 0. The SMILES string of the molecule is CC1(C)c2ccccc2-c2ccc(-c3cccc4c3ccc3c5ccccc5c(-c5cccc6c5Oc5cc7ccccc7c7cccc-6c57)cc43)cc21. The molecule has 1 heterocycles. The number of para-hydroxylation sites is 1. The smallest absolute Gasteiger partial charge is 0.143 e. The van der Waals surface area contributed by atoms with Crippen molar-refractivity contribution in [1.29, 1.82) is 0 Å². The van der Waals surface area contributed by atoms with Crippen LogP contribution in [0.25, 0.3) is 98.4 Å². The maximum absolute atomic E-state index is 7.05. The maximum atomic E-state index is 7.05. The standard InChI is InChI=1S/C53H34O/c1-53(2)48-23-8-7-16-40(48)41-25-24-32(28-49(41)53)33-17-9-18-37-38(33)26-27-39-35-14-5-6-15-36(35)47(30-46(37)39)45-22-11-21-44-43-20-10-19-42-34-13-4-3-12-31(34)29-50(51(42)43)54-52(44)45/h3-30H,1-2H3. The first-order valence-electron chi connectivity index (χ1n) is 18.9. The summed E-state index contributed by atoms with van der Waals surface area (Å²) in [5.41, 5.74) is 12.6. The zero-order valence-electron chi connectivity index (χ0n) is 30.1. The third-order valence-corrected chi connectivity index (χ3v) is 12.4. The summed E-state index contributed by atoms with van der Waals surface area (Å²) >= 11 is 0. The molecule has 10 aromatic rings. The summed E-state index contributed by atoms with van der Waals surface area (Å²) in [5, 5.41) is 12.3. The number of hydrogen-bond acceptors (Lipinski definition) is 1. The van der Waals surface area contributed by atoms with E-state index in [0.717, 1.165) is 22.6 Å². The van der Waals surface area contributed by atoms with Gasteiger partial charge in [-0.25, -0.2) is 0 Å². The molecule has 1 aliphatic carbocycles. The molecule has 1 aliphatic heterocycles. The molecular formula is C53H34O. The molecule has 0 fully saturated rings. The second-order valence-electron chi connectivity index (χ2n) is 15.6. The van der Waals surface area contributed by atoms with Gasteiger partial charge in [0.05, 0.1) is 0 Å². The van der Waals surface area contributed by atoms with Gasteiger partial charge in [0.1, 0.15) is 11.5 Å². The van der Waals surface area contributed by atoms with Crippen molar-refractivity contribution >= 4 is 53.9 Å². The highest BCUT2D eigenvalue weighted by Gasteiger charge is 2.35. The van der Waals surface area contributed by atoms with E-state index in [0.29, 0.717) is 0 Å². The van der Waals surface area contributed by atoms with Crippen LogP contribution >= 0.6 is 0 Å². The van der Waals surface area contributed by atoms with Gasteiger partial charge >= 0.3 is 0 Å². The quantitative estimate of drug-likeness (QED) is 0.165. The lowest BCUT2D eigenvalue weighted by Gasteiger charge is -2.25. The lowest BCUT2D eigenvalue weighted by Crippen LogP contribution is -2.14. The molecule has 0 bridgehead atoms. The minimum Gasteiger partial charge on any atom is -0.455 e. The van der Waals surface area contributed by atoms with E-state index in [4.69, 9.17) is 4.74 Å². The average molecular weight is 687 g/mol. The molecule has 0 radical (unpaired) electrons. The Morgan fingerprint density at radius 3 is 1.81 bits per heavy atom. The van der Waals surface area contributed by atoms with Crippen LogP contribution in [0.1, 0.15) is 25.0 Å². The van der Waals surface area contributed by atoms with Crippen molar-refractivity contribution in [3.05, 3.63) is 181 Å². The summed E-state index contributed by atoms with van der Waals surface area (Å²) in [4.78, 5) is 0. The number of benzene rings is 10. The Labute approximate surface area is 313 Å². The van der Waals surface area contributed by atoms with Crippen molar-refractivity contribution in [2.75, 3.05) is 0 Å². The van der Waals surface area contributed by atoms with Crippen LogP contribution in [0, 0.1) is 0 Å². The van der Waals surface area contributed by atoms with E-state index < -0.39 is 0 Å². The highest BCUT2D eigenvalue weighted by Crippen LogP contribution is 2.54. The Morgan fingerprint density at radius 2 is 0.926 bits per heavy atom. The minimum absolute atomic E-state index is 0.0525. The first-order valence-corrected chi connectivity index (χ1v) is 18.9. The normalized spacial score (nSPS) is 13.7. The van der Waals surface area contributed by atoms with Crippen LogP contribution in [-0.2, 0) is 5.41 Å². The predicted molar refractivity (Wildman–Crippen MR) is 228 cm³/mol. The van der Waals surface area contributed by atoms with E-state index in [-0.39, 0.29) is 5.41 Å². The summed E-state index contributed by atoms with van der Waals surface area (Å²) < 4.78 is 7.05. The van der Waals surface area contributed by atoms with Gasteiger partial charge in [-0.1, -0.05) is 166 Å². The number of ether oxygens (including phenoxy) is 1. The zero-order chi connectivity index (χ0) is 35.7. The Bertz CT molecular complexity index is 3270. The Balaban J connectivity index is 1.09. The third kappa shape index (κ3) is 3.94. The van der Waals surface area contributed by atoms with Crippen molar-refractivity contribution in [3.8, 4) is 56.0 Å². The van der Waals surface area contributed by atoms with E-state index in [1.165, 1.54) is 98.4 Å². The van der Waals surface area contributed by atoms with Crippen molar-refractivity contribution in [2.45, 2.75) is 19.3 Å². The van der Waals surface area contributed by atoms with E-state index >= 15 is 0 Å². The number of fused-ring (bicyclic) bond motifs is 12. The lowest BCUT2D eigenvalue weighted by atomic mass is 9.81. The molecule has 0 unspecified atom stereocenters. The second-order valence-corrected chi connectivity index (χ2v) is 15.6.